The number of nitrogens with zero attached hydrogens (tertiary/aromatic N) is 1. The third-order valence-corrected chi connectivity index (χ3v) is 8.14. The first kappa shape index (κ1) is 22.7. The van der Waals surface area contributed by atoms with Gasteiger partial charge in [-0.05, 0) is 48.5 Å². The van der Waals surface area contributed by atoms with Crippen molar-refractivity contribution in [1.82, 2.24) is 4.98 Å². The van der Waals surface area contributed by atoms with Gasteiger partial charge >= 0.3 is 0 Å². The van der Waals surface area contributed by atoms with Gasteiger partial charge in [0.15, 0.2) is 0 Å². The third-order valence-electron chi connectivity index (χ3n) is 4.83. The van der Waals surface area contributed by atoms with Crippen LogP contribution >= 0.6 is 45.9 Å². The zero-order valence-corrected chi connectivity index (χ0v) is 19.9. The van der Waals surface area contributed by atoms with Gasteiger partial charge in [-0.15, -0.1) is 22.7 Å². The highest BCUT2D eigenvalue weighted by molar-refractivity contribution is 7.22. The topological polar surface area (TPSA) is 71.1 Å². The highest BCUT2D eigenvalue weighted by Gasteiger charge is 2.20. The van der Waals surface area contributed by atoms with Crippen LogP contribution in [-0.4, -0.2) is 16.8 Å². The molecule has 0 bridgehead atoms. The minimum absolute atomic E-state index is 0.173. The number of rotatable bonds is 4. The number of aromatic nitrogens is 1. The van der Waals surface area contributed by atoms with Gasteiger partial charge in [-0.3, -0.25) is 9.59 Å². The van der Waals surface area contributed by atoms with E-state index in [4.69, 9.17) is 23.2 Å². The summed E-state index contributed by atoms with van der Waals surface area (Å²) in [7, 11) is 0. The molecule has 0 spiro atoms. The van der Waals surface area contributed by atoms with E-state index < -0.39 is 23.4 Å². The molecule has 0 fully saturated rings. The van der Waals surface area contributed by atoms with Gasteiger partial charge in [0, 0.05) is 20.2 Å². The Morgan fingerprint density at radius 3 is 1.62 bits per heavy atom. The molecule has 0 aliphatic rings. The van der Waals surface area contributed by atoms with Crippen LogP contribution < -0.4 is 10.6 Å². The third kappa shape index (κ3) is 4.23. The number of amides is 2. The Morgan fingerprint density at radius 2 is 1.18 bits per heavy atom. The molecule has 2 amide bonds. The number of hydrogen-bond donors (Lipinski definition) is 2. The molecule has 0 saturated heterocycles. The molecule has 0 aliphatic carbocycles. The van der Waals surface area contributed by atoms with Crippen LogP contribution in [0.25, 0.3) is 20.2 Å². The summed E-state index contributed by atoms with van der Waals surface area (Å²) in [4.78, 5) is 30.2. The summed E-state index contributed by atoms with van der Waals surface area (Å²) in [5.74, 6) is -1.54. The number of anilines is 2. The lowest BCUT2D eigenvalue weighted by Gasteiger charge is -2.07. The number of hydrogen-bond acceptors (Lipinski definition) is 5. The fraction of sp³-hybridized carbons (Fsp3) is 0. The highest BCUT2D eigenvalue weighted by Crippen LogP contribution is 2.37. The van der Waals surface area contributed by atoms with Crippen LogP contribution in [0.15, 0.2) is 54.6 Å². The lowest BCUT2D eigenvalue weighted by molar-refractivity contribution is 0.102. The van der Waals surface area contributed by atoms with Gasteiger partial charge in [0.1, 0.15) is 33.0 Å². The van der Waals surface area contributed by atoms with Gasteiger partial charge < -0.3 is 10.6 Å². The molecule has 0 aliphatic heterocycles. The second-order valence-corrected chi connectivity index (χ2v) is 9.95. The number of nitrogens with one attached hydrogen (secondary N) is 2. The molecule has 3 aromatic heterocycles. The number of pyridine rings is 1. The van der Waals surface area contributed by atoms with E-state index in [2.05, 4.69) is 15.6 Å². The van der Waals surface area contributed by atoms with Crippen LogP contribution in [-0.2, 0) is 0 Å². The van der Waals surface area contributed by atoms with Crippen LogP contribution in [0.2, 0.25) is 10.0 Å². The molecule has 11 heteroatoms. The molecular weight excluding hydrogens is 523 g/mol. The van der Waals surface area contributed by atoms with E-state index in [0.29, 0.717) is 20.2 Å². The largest absolute Gasteiger partial charge is 0.306 e. The number of halogens is 4. The second kappa shape index (κ2) is 8.92. The molecule has 0 radical (unpaired) electrons. The predicted octanol–water partition coefficient (Wildman–Crippen LogP) is 7.60. The van der Waals surface area contributed by atoms with Crippen molar-refractivity contribution in [3.05, 3.63) is 86.0 Å². The zero-order valence-electron chi connectivity index (χ0n) is 16.8. The van der Waals surface area contributed by atoms with E-state index in [1.807, 2.05) is 0 Å². The molecule has 0 saturated carbocycles. The van der Waals surface area contributed by atoms with Gasteiger partial charge in [-0.1, -0.05) is 29.3 Å². The molecule has 2 aromatic carbocycles. The molecule has 5 nitrogen and oxygen atoms in total. The maximum atomic E-state index is 13.5. The van der Waals surface area contributed by atoms with Crippen molar-refractivity contribution >= 4 is 89.5 Å². The van der Waals surface area contributed by atoms with Crippen LogP contribution in [0.5, 0.6) is 0 Å². The quantitative estimate of drug-likeness (QED) is 0.250. The molecule has 0 atom stereocenters. The van der Waals surface area contributed by atoms with Crippen LogP contribution in [0.1, 0.15) is 19.3 Å². The normalized spacial score (nSPS) is 11.2. The SMILES string of the molecule is O=C(Nc1cccc(NC(=O)c2sc3cc(F)ccc3c2Cl)n1)c1sc2cc(F)ccc2c1Cl. The Labute approximate surface area is 208 Å². The first-order valence-electron chi connectivity index (χ1n) is 9.65. The van der Waals surface area contributed by atoms with Crippen molar-refractivity contribution in [2.75, 3.05) is 10.6 Å². The van der Waals surface area contributed by atoms with E-state index in [-0.39, 0.29) is 31.4 Å². The summed E-state index contributed by atoms with van der Waals surface area (Å²) < 4.78 is 28.1. The smallest absolute Gasteiger partial charge is 0.268 e. The number of carbonyl (C=O) groups is 2. The van der Waals surface area contributed by atoms with E-state index in [1.165, 1.54) is 36.4 Å². The van der Waals surface area contributed by atoms with Crippen LogP contribution in [0.3, 0.4) is 0 Å². The van der Waals surface area contributed by atoms with Crippen molar-refractivity contribution in [3.63, 3.8) is 0 Å². The average Bonchev–Trinajstić information content (AvgIpc) is 3.30. The molecule has 5 aromatic rings. The van der Waals surface area contributed by atoms with E-state index in [1.54, 1.807) is 18.2 Å². The predicted molar refractivity (Wildman–Crippen MR) is 134 cm³/mol. The molecule has 2 N–H and O–H groups in total. The first-order chi connectivity index (χ1) is 16.3. The monoisotopic (exact) mass is 533 g/mol. The fourth-order valence-electron chi connectivity index (χ4n) is 3.29. The van der Waals surface area contributed by atoms with Gasteiger partial charge in [-0.2, -0.15) is 0 Å². The average molecular weight is 534 g/mol. The number of carbonyl (C=O) groups excluding carboxylic acids is 2. The first-order valence-corrected chi connectivity index (χ1v) is 12.0. The number of benzene rings is 2. The van der Waals surface area contributed by atoms with Crippen LogP contribution in [0.4, 0.5) is 20.4 Å². The Balaban J connectivity index is 1.36. The Kier molecular flexibility index (Phi) is 5.95. The minimum Gasteiger partial charge on any atom is -0.306 e. The standard InChI is InChI=1S/C23H11Cl2F2N3O2S2/c24-18-12-6-4-10(26)8-14(12)33-20(18)22(31)29-16-2-1-3-17(28-16)30-23(32)21-19(25)13-7-5-11(27)9-15(13)34-21/h1-9H,(H2,28,29,30,31,32). The Hall–Kier alpha value is -3.11. The number of fused-ring (bicyclic) bond motifs is 2. The van der Waals surface area contributed by atoms with Gasteiger partial charge in [0.25, 0.3) is 11.8 Å². The van der Waals surface area contributed by atoms with Crippen molar-refractivity contribution < 1.29 is 18.4 Å². The van der Waals surface area contributed by atoms with Gasteiger partial charge in [0.05, 0.1) is 10.0 Å². The molecular formula is C23H11Cl2F2N3O2S2. The molecule has 170 valence electrons. The Bertz CT molecular complexity index is 1500. The highest BCUT2D eigenvalue weighted by atomic mass is 35.5. The molecule has 34 heavy (non-hydrogen) atoms. The molecule has 3 heterocycles. The maximum absolute atomic E-state index is 13.5. The molecule has 0 unspecified atom stereocenters. The maximum Gasteiger partial charge on any atom is 0.268 e. The van der Waals surface area contributed by atoms with Crippen molar-refractivity contribution in [2.45, 2.75) is 0 Å². The lowest BCUT2D eigenvalue weighted by Crippen LogP contribution is -2.15. The summed E-state index contributed by atoms with van der Waals surface area (Å²) in [6.07, 6.45) is 0. The minimum atomic E-state index is -0.517. The summed E-state index contributed by atoms with van der Waals surface area (Å²) >= 11 is 14.7. The number of thiophene rings is 2. The fourth-order valence-corrected chi connectivity index (χ4v) is 6.16. The second-order valence-electron chi connectivity index (χ2n) is 7.09. The van der Waals surface area contributed by atoms with Crippen molar-refractivity contribution in [3.8, 4) is 0 Å². The zero-order chi connectivity index (χ0) is 24.0. The van der Waals surface area contributed by atoms with Gasteiger partial charge in [0.2, 0.25) is 0 Å². The van der Waals surface area contributed by atoms with E-state index in [9.17, 15) is 18.4 Å². The van der Waals surface area contributed by atoms with Crippen LogP contribution in [0, 0.1) is 11.6 Å². The van der Waals surface area contributed by atoms with E-state index in [0.717, 1.165) is 22.7 Å². The van der Waals surface area contributed by atoms with Gasteiger partial charge in [-0.25, -0.2) is 13.8 Å². The Morgan fingerprint density at radius 1 is 0.735 bits per heavy atom. The van der Waals surface area contributed by atoms with E-state index >= 15 is 0 Å². The van der Waals surface area contributed by atoms with Crippen molar-refractivity contribution in [2.24, 2.45) is 0 Å². The van der Waals surface area contributed by atoms with Crippen molar-refractivity contribution in [1.29, 1.82) is 0 Å². The summed E-state index contributed by atoms with van der Waals surface area (Å²) in [5.41, 5.74) is 0. The summed E-state index contributed by atoms with van der Waals surface area (Å²) in [6, 6.07) is 12.9. The molecule has 5 rings (SSSR count). The summed E-state index contributed by atoms with van der Waals surface area (Å²) in [6.45, 7) is 0. The lowest BCUT2D eigenvalue weighted by atomic mass is 10.2. The summed E-state index contributed by atoms with van der Waals surface area (Å²) in [5, 5.41) is 6.86.